The monoisotopic (exact) mass is 462 g/mol. The van der Waals surface area contributed by atoms with E-state index in [0.29, 0.717) is 12.2 Å². The van der Waals surface area contributed by atoms with Crippen LogP contribution >= 0.6 is 11.8 Å². The third-order valence-electron chi connectivity index (χ3n) is 6.42. The zero-order valence-electron chi connectivity index (χ0n) is 18.9. The van der Waals surface area contributed by atoms with E-state index in [9.17, 15) is 19.5 Å². The van der Waals surface area contributed by atoms with Gasteiger partial charge in [0.15, 0.2) is 0 Å². The van der Waals surface area contributed by atoms with Crippen LogP contribution in [-0.4, -0.2) is 64.4 Å². The normalized spacial score (nSPS) is 24.4. The molecule has 0 aromatic heterocycles. The Morgan fingerprint density at radius 2 is 1.94 bits per heavy atom. The maximum absolute atomic E-state index is 13.4. The van der Waals surface area contributed by atoms with Crippen molar-refractivity contribution in [3.05, 3.63) is 35.9 Å². The van der Waals surface area contributed by atoms with Gasteiger partial charge in [0.1, 0.15) is 12.1 Å². The molecule has 0 spiro atoms. The number of hydrogen-bond acceptors (Lipinski definition) is 6. The van der Waals surface area contributed by atoms with Crippen LogP contribution in [-0.2, 0) is 24.9 Å². The summed E-state index contributed by atoms with van der Waals surface area (Å²) in [4.78, 5) is 39.4. The van der Waals surface area contributed by atoms with E-state index in [1.807, 2.05) is 30.3 Å². The summed E-state index contributed by atoms with van der Waals surface area (Å²) in [5.41, 5.74) is 1.16. The molecular formula is C24H34N2O5S. The summed E-state index contributed by atoms with van der Waals surface area (Å²) in [6, 6.07) is 7.86. The average molecular weight is 463 g/mol. The predicted octanol–water partition coefficient (Wildman–Crippen LogP) is 3.07. The third kappa shape index (κ3) is 6.04. The van der Waals surface area contributed by atoms with E-state index in [1.165, 1.54) is 0 Å². The van der Waals surface area contributed by atoms with Gasteiger partial charge < -0.3 is 14.7 Å². The van der Waals surface area contributed by atoms with Crippen LogP contribution in [0.15, 0.2) is 30.3 Å². The van der Waals surface area contributed by atoms with Crippen molar-refractivity contribution in [2.75, 3.05) is 12.4 Å². The number of thioether (sulfide) groups is 1. The van der Waals surface area contributed by atoms with Gasteiger partial charge in [-0.2, -0.15) is 11.8 Å². The third-order valence-corrected chi connectivity index (χ3v) is 7.52. The van der Waals surface area contributed by atoms with Crippen LogP contribution in [0, 0.1) is 5.92 Å². The summed E-state index contributed by atoms with van der Waals surface area (Å²) in [6.07, 6.45) is 4.45. The van der Waals surface area contributed by atoms with Gasteiger partial charge in [-0.05, 0) is 44.6 Å². The van der Waals surface area contributed by atoms with Gasteiger partial charge in [-0.3, -0.25) is 14.9 Å². The number of carbonyl (C=O) groups is 3. The lowest BCUT2D eigenvalue weighted by Crippen LogP contribution is -2.56. The van der Waals surface area contributed by atoms with Crippen LogP contribution in [0.3, 0.4) is 0 Å². The lowest BCUT2D eigenvalue weighted by atomic mass is 9.84. The molecule has 7 nitrogen and oxygen atoms in total. The first-order valence-corrected chi connectivity index (χ1v) is 12.7. The Kier molecular flexibility index (Phi) is 8.99. The van der Waals surface area contributed by atoms with Crippen molar-refractivity contribution in [1.82, 2.24) is 10.2 Å². The van der Waals surface area contributed by atoms with Gasteiger partial charge in [-0.25, -0.2) is 4.79 Å². The molecule has 0 radical (unpaired) electrons. The maximum atomic E-state index is 13.4. The van der Waals surface area contributed by atoms with Gasteiger partial charge in [0.25, 0.3) is 0 Å². The number of carboxylic acid groups (broad SMARTS) is 1. The highest BCUT2D eigenvalue weighted by atomic mass is 32.2. The zero-order chi connectivity index (χ0) is 23.1. The Hall–Kier alpha value is -2.06. The number of benzene rings is 1. The summed E-state index contributed by atoms with van der Waals surface area (Å²) in [6.45, 7) is 3.73. The summed E-state index contributed by atoms with van der Waals surface area (Å²) in [5.74, 6) is -0.116. The fraction of sp³-hybridized carbons (Fsp3) is 0.625. The Morgan fingerprint density at radius 1 is 1.22 bits per heavy atom. The van der Waals surface area contributed by atoms with E-state index in [1.54, 1.807) is 30.5 Å². The first-order valence-electron chi connectivity index (χ1n) is 11.5. The van der Waals surface area contributed by atoms with E-state index in [4.69, 9.17) is 4.74 Å². The molecule has 1 heterocycles. The van der Waals surface area contributed by atoms with Crippen LogP contribution < -0.4 is 5.32 Å². The molecule has 176 valence electrons. The number of hydrogen-bond donors (Lipinski definition) is 2. The fourth-order valence-electron chi connectivity index (χ4n) is 4.89. The molecule has 1 aliphatic heterocycles. The molecule has 1 amide bonds. The van der Waals surface area contributed by atoms with E-state index >= 15 is 0 Å². The molecule has 1 aliphatic carbocycles. The molecule has 1 aromatic carbocycles. The number of esters is 1. The van der Waals surface area contributed by atoms with Gasteiger partial charge in [-0.15, -0.1) is 0 Å². The summed E-state index contributed by atoms with van der Waals surface area (Å²) in [5, 5.41) is 12.9. The second-order valence-electron chi connectivity index (χ2n) is 8.64. The highest BCUT2D eigenvalue weighted by Crippen LogP contribution is 2.40. The number of ether oxygens (including phenoxy) is 1. The quantitative estimate of drug-likeness (QED) is 0.516. The number of aliphatic carboxylic acids is 1. The fourth-order valence-corrected chi connectivity index (χ4v) is 5.90. The number of fused-ring (bicyclic) bond motifs is 1. The smallest absolute Gasteiger partial charge is 0.326 e. The minimum absolute atomic E-state index is 0.0184. The van der Waals surface area contributed by atoms with E-state index < -0.39 is 24.1 Å². The molecule has 3 rings (SSSR count). The van der Waals surface area contributed by atoms with E-state index in [-0.39, 0.29) is 30.4 Å². The molecule has 2 aliphatic rings. The number of likely N-dealkylation sites (tertiary alicyclic amines) is 1. The van der Waals surface area contributed by atoms with Crippen molar-refractivity contribution in [2.45, 2.75) is 75.9 Å². The van der Waals surface area contributed by atoms with Gasteiger partial charge in [-0.1, -0.05) is 43.2 Å². The van der Waals surface area contributed by atoms with Gasteiger partial charge >= 0.3 is 11.9 Å². The summed E-state index contributed by atoms with van der Waals surface area (Å²) >= 11 is 1.60. The zero-order valence-corrected chi connectivity index (χ0v) is 19.7. The SMILES string of the molecule is CCOC(=O)[C@@H](CSCc1ccccc1)NC(C)C(=O)N1C2CCCCC2C[C@H]1C(=O)O. The Bertz CT molecular complexity index is 790. The topological polar surface area (TPSA) is 95.9 Å². The molecule has 32 heavy (non-hydrogen) atoms. The summed E-state index contributed by atoms with van der Waals surface area (Å²) < 4.78 is 5.22. The first kappa shape index (κ1) is 24.6. The molecule has 1 saturated carbocycles. The predicted molar refractivity (Wildman–Crippen MR) is 124 cm³/mol. The molecular weight excluding hydrogens is 428 g/mol. The van der Waals surface area contributed by atoms with Crippen molar-refractivity contribution in [1.29, 1.82) is 0 Å². The Labute approximate surface area is 194 Å². The van der Waals surface area contributed by atoms with Crippen LogP contribution in [0.5, 0.6) is 0 Å². The number of nitrogens with one attached hydrogen (secondary N) is 1. The Morgan fingerprint density at radius 3 is 2.62 bits per heavy atom. The summed E-state index contributed by atoms with van der Waals surface area (Å²) in [7, 11) is 0. The highest BCUT2D eigenvalue weighted by Gasteiger charge is 2.48. The molecule has 2 fully saturated rings. The standard InChI is InChI=1S/C24H34N2O5S/c1-3-31-24(30)19(15-32-14-17-9-5-4-6-10-17)25-16(2)22(27)26-20-12-8-7-11-18(20)13-21(26)23(28)29/h4-6,9-10,16,18-21,25H,3,7-8,11-15H2,1-2H3,(H,28,29)/t16?,18?,19-,20?,21+/m1/s1. The lowest BCUT2D eigenvalue weighted by Gasteiger charge is -2.35. The molecule has 8 heteroatoms. The minimum Gasteiger partial charge on any atom is -0.480 e. The largest absolute Gasteiger partial charge is 0.480 e. The first-order chi connectivity index (χ1) is 15.4. The number of carboxylic acids is 1. The average Bonchev–Trinajstić information content (AvgIpc) is 3.18. The molecule has 5 atom stereocenters. The Balaban J connectivity index is 1.65. The number of rotatable bonds is 10. The molecule has 3 unspecified atom stereocenters. The van der Waals surface area contributed by atoms with Crippen LogP contribution in [0.4, 0.5) is 0 Å². The highest BCUT2D eigenvalue weighted by molar-refractivity contribution is 7.98. The van der Waals surface area contributed by atoms with Crippen molar-refractivity contribution < 1.29 is 24.2 Å². The van der Waals surface area contributed by atoms with Crippen LogP contribution in [0.1, 0.15) is 51.5 Å². The molecule has 0 bridgehead atoms. The van der Waals surface area contributed by atoms with Gasteiger partial charge in [0, 0.05) is 17.5 Å². The molecule has 2 N–H and O–H groups in total. The van der Waals surface area contributed by atoms with Gasteiger partial charge in [0.2, 0.25) is 5.91 Å². The van der Waals surface area contributed by atoms with Crippen molar-refractivity contribution in [3.63, 3.8) is 0 Å². The van der Waals surface area contributed by atoms with Gasteiger partial charge in [0.05, 0.1) is 12.6 Å². The maximum Gasteiger partial charge on any atom is 0.326 e. The second kappa shape index (κ2) is 11.7. The van der Waals surface area contributed by atoms with Crippen molar-refractivity contribution in [2.24, 2.45) is 5.92 Å². The van der Waals surface area contributed by atoms with Crippen molar-refractivity contribution in [3.8, 4) is 0 Å². The number of nitrogens with zero attached hydrogens (tertiary/aromatic N) is 1. The van der Waals surface area contributed by atoms with E-state index in [2.05, 4.69) is 5.32 Å². The molecule has 1 saturated heterocycles. The minimum atomic E-state index is -0.944. The lowest BCUT2D eigenvalue weighted by molar-refractivity contribution is -0.151. The van der Waals surface area contributed by atoms with Crippen LogP contribution in [0.2, 0.25) is 0 Å². The number of amides is 1. The van der Waals surface area contributed by atoms with E-state index in [0.717, 1.165) is 37.0 Å². The van der Waals surface area contributed by atoms with Crippen molar-refractivity contribution >= 4 is 29.6 Å². The molecule has 1 aromatic rings. The van der Waals surface area contributed by atoms with Crippen LogP contribution in [0.25, 0.3) is 0 Å². The number of carbonyl (C=O) groups excluding carboxylic acids is 2. The second-order valence-corrected chi connectivity index (χ2v) is 9.67.